The molecule has 0 saturated carbocycles. The van der Waals surface area contributed by atoms with Crippen LogP contribution >= 0.6 is 0 Å². The molecule has 0 amide bonds. The Labute approximate surface area is 220 Å². The second-order valence-electron chi connectivity index (χ2n) is 8.94. The van der Waals surface area contributed by atoms with Gasteiger partial charge in [0.25, 0.3) is 0 Å². The molecule has 8 nitrogen and oxygen atoms in total. The number of nitrogens with zero attached hydrogens (tertiary/aromatic N) is 4. The predicted molar refractivity (Wildman–Crippen MR) is 141 cm³/mol. The number of ketones is 2. The summed E-state index contributed by atoms with van der Waals surface area (Å²) >= 11 is 0. The van der Waals surface area contributed by atoms with E-state index >= 15 is 0 Å². The lowest BCUT2D eigenvalue weighted by Crippen LogP contribution is -2.37. The van der Waals surface area contributed by atoms with Gasteiger partial charge < -0.3 is 14.0 Å². The van der Waals surface area contributed by atoms with Gasteiger partial charge in [-0.15, -0.1) is 0 Å². The number of hydrogen-bond acceptors (Lipinski definition) is 5. The van der Waals surface area contributed by atoms with E-state index in [4.69, 9.17) is 14.5 Å². The Morgan fingerprint density at radius 3 is 1.76 bits per heavy atom. The maximum absolute atomic E-state index is 12.8. The molecule has 38 heavy (non-hydrogen) atoms. The number of imidazole rings is 1. The van der Waals surface area contributed by atoms with Crippen LogP contribution in [0, 0.1) is 0 Å². The molecule has 8 heteroatoms. The Morgan fingerprint density at radius 1 is 0.737 bits per heavy atom. The van der Waals surface area contributed by atoms with Gasteiger partial charge in [0.1, 0.15) is 17.3 Å². The van der Waals surface area contributed by atoms with E-state index in [1.807, 2.05) is 63.7 Å². The van der Waals surface area contributed by atoms with Crippen LogP contribution in [0.15, 0.2) is 91.5 Å². The second kappa shape index (κ2) is 10.6. The minimum atomic E-state index is 0.00459. The van der Waals surface area contributed by atoms with Crippen LogP contribution < -0.4 is 18.6 Å². The van der Waals surface area contributed by atoms with E-state index in [1.165, 1.54) is 0 Å². The van der Waals surface area contributed by atoms with E-state index in [0.717, 1.165) is 28.2 Å². The van der Waals surface area contributed by atoms with Crippen molar-refractivity contribution >= 4 is 22.6 Å². The lowest BCUT2D eigenvalue weighted by atomic mass is 10.1. The first-order valence-electron chi connectivity index (χ1n) is 12.1. The van der Waals surface area contributed by atoms with E-state index in [1.54, 1.807) is 62.8 Å². The van der Waals surface area contributed by atoms with Gasteiger partial charge in [0.05, 0.1) is 19.7 Å². The maximum atomic E-state index is 12.8. The summed E-state index contributed by atoms with van der Waals surface area (Å²) in [5.74, 6) is 2.25. The average molecular weight is 509 g/mol. The Kier molecular flexibility index (Phi) is 6.95. The number of ether oxygens (including phenoxy) is 2. The zero-order chi connectivity index (χ0) is 26.6. The standard InChI is InChI=1S/C30H28N4O4/c1-32-27-14-17-34(20-29(36)22-6-10-25(38-3)11-7-22)18-26(27)31-30(32)23-12-15-33(16-13-23)19-28(35)21-4-8-24(37-2)9-5-21/h4-18H,19-20H2,1-3H3/q+2. The molecule has 5 rings (SSSR count). The number of aryl methyl sites for hydroxylation is 1. The highest BCUT2D eigenvalue weighted by Crippen LogP contribution is 2.22. The number of fused-ring (bicyclic) bond motifs is 1. The fraction of sp³-hybridized carbons (Fsp3) is 0.167. The number of carbonyl (C=O) groups is 2. The SMILES string of the molecule is COc1ccc(C(=O)C[n+]2ccc(-c3nc4c[n+](CC(=O)c5ccc(OC)cc5)ccc4n3C)cc2)cc1. The zero-order valence-corrected chi connectivity index (χ0v) is 21.5. The van der Waals surface area contributed by atoms with Crippen molar-refractivity contribution in [3.63, 3.8) is 0 Å². The highest BCUT2D eigenvalue weighted by atomic mass is 16.5. The number of rotatable bonds is 9. The van der Waals surface area contributed by atoms with Crippen LogP contribution in [0.25, 0.3) is 22.4 Å². The zero-order valence-electron chi connectivity index (χ0n) is 21.5. The van der Waals surface area contributed by atoms with Crippen molar-refractivity contribution in [3.05, 3.63) is 103 Å². The summed E-state index contributed by atoms with van der Waals surface area (Å²) in [5.41, 5.74) is 3.94. The molecule has 0 fully saturated rings. The Morgan fingerprint density at radius 2 is 1.24 bits per heavy atom. The topological polar surface area (TPSA) is 78.2 Å². The van der Waals surface area contributed by atoms with E-state index in [2.05, 4.69) is 0 Å². The molecular weight excluding hydrogens is 480 g/mol. The maximum Gasteiger partial charge on any atom is 0.227 e. The first kappa shape index (κ1) is 24.8. The minimum absolute atomic E-state index is 0.00459. The van der Waals surface area contributed by atoms with E-state index < -0.39 is 0 Å². The van der Waals surface area contributed by atoms with Gasteiger partial charge in [0, 0.05) is 41.9 Å². The fourth-order valence-corrected chi connectivity index (χ4v) is 4.33. The van der Waals surface area contributed by atoms with Crippen LogP contribution in [0.3, 0.4) is 0 Å². The lowest BCUT2D eigenvalue weighted by Gasteiger charge is -2.03. The van der Waals surface area contributed by atoms with Crippen molar-refractivity contribution in [1.29, 1.82) is 0 Å². The molecule has 0 aliphatic rings. The van der Waals surface area contributed by atoms with Crippen molar-refractivity contribution in [3.8, 4) is 22.9 Å². The molecule has 0 bridgehead atoms. The molecule has 0 saturated heterocycles. The molecule has 3 heterocycles. The number of carbonyl (C=O) groups excluding carboxylic acids is 2. The summed E-state index contributed by atoms with van der Waals surface area (Å²) in [7, 11) is 5.16. The Balaban J connectivity index is 1.31. The van der Waals surface area contributed by atoms with Crippen molar-refractivity contribution in [2.24, 2.45) is 7.05 Å². The van der Waals surface area contributed by atoms with Gasteiger partial charge in [-0.05, 0) is 48.5 Å². The molecule has 0 aliphatic carbocycles. The van der Waals surface area contributed by atoms with Gasteiger partial charge in [-0.25, -0.2) is 4.98 Å². The molecule has 0 unspecified atom stereocenters. The van der Waals surface area contributed by atoms with Crippen LogP contribution in [-0.4, -0.2) is 35.3 Å². The molecule has 0 radical (unpaired) electrons. The predicted octanol–water partition coefficient (Wildman–Crippen LogP) is 3.60. The Hall–Kier alpha value is -4.85. The van der Waals surface area contributed by atoms with Gasteiger partial charge >= 0.3 is 0 Å². The van der Waals surface area contributed by atoms with Crippen molar-refractivity contribution in [1.82, 2.24) is 9.55 Å². The number of hydrogen-bond donors (Lipinski definition) is 0. The molecule has 190 valence electrons. The third-order valence-corrected chi connectivity index (χ3v) is 6.51. The highest BCUT2D eigenvalue weighted by molar-refractivity contribution is 5.95. The van der Waals surface area contributed by atoms with Gasteiger partial charge in [-0.1, -0.05) is 0 Å². The summed E-state index contributed by atoms with van der Waals surface area (Å²) in [4.78, 5) is 30.2. The van der Waals surface area contributed by atoms with Crippen LogP contribution in [-0.2, 0) is 20.1 Å². The number of aromatic nitrogens is 4. The highest BCUT2D eigenvalue weighted by Gasteiger charge is 2.18. The largest absolute Gasteiger partial charge is 0.497 e. The van der Waals surface area contributed by atoms with Crippen LogP contribution in [0.4, 0.5) is 0 Å². The summed E-state index contributed by atoms with van der Waals surface area (Å²) in [6.07, 6.45) is 7.53. The van der Waals surface area contributed by atoms with Gasteiger partial charge in [0.2, 0.25) is 24.7 Å². The quantitative estimate of drug-likeness (QED) is 0.225. The van der Waals surface area contributed by atoms with Crippen molar-refractivity contribution in [2.75, 3.05) is 14.2 Å². The second-order valence-corrected chi connectivity index (χ2v) is 8.94. The van der Waals surface area contributed by atoms with Crippen LogP contribution in [0.5, 0.6) is 11.5 Å². The molecule has 5 aromatic rings. The van der Waals surface area contributed by atoms with Gasteiger partial charge in [-0.3, -0.25) is 9.59 Å². The molecule has 0 atom stereocenters. The van der Waals surface area contributed by atoms with Crippen molar-refractivity contribution < 1.29 is 28.2 Å². The third-order valence-electron chi connectivity index (χ3n) is 6.51. The van der Waals surface area contributed by atoms with E-state index in [0.29, 0.717) is 16.9 Å². The number of Topliss-reactive ketones (excluding diaryl/α,β-unsaturated/α-hetero) is 2. The van der Waals surface area contributed by atoms with Gasteiger partial charge in [-0.2, -0.15) is 9.13 Å². The third kappa shape index (κ3) is 5.15. The monoisotopic (exact) mass is 508 g/mol. The molecule has 3 aromatic heterocycles. The summed E-state index contributed by atoms with van der Waals surface area (Å²) < 4.78 is 16.0. The summed E-state index contributed by atoms with van der Waals surface area (Å²) in [5, 5.41) is 0. The normalized spacial score (nSPS) is 10.9. The minimum Gasteiger partial charge on any atom is -0.497 e. The van der Waals surface area contributed by atoms with E-state index in [9.17, 15) is 9.59 Å². The Bertz CT molecular complexity index is 1610. The molecule has 0 aliphatic heterocycles. The molecular formula is C30H28N4O4+2. The average Bonchev–Trinajstić information content (AvgIpc) is 3.28. The van der Waals surface area contributed by atoms with Crippen molar-refractivity contribution in [2.45, 2.75) is 13.1 Å². The number of benzene rings is 2. The lowest BCUT2D eigenvalue weighted by molar-refractivity contribution is -0.683. The van der Waals surface area contributed by atoms with Crippen LogP contribution in [0.1, 0.15) is 20.7 Å². The number of pyridine rings is 2. The van der Waals surface area contributed by atoms with Gasteiger partial charge in [0.15, 0.2) is 30.3 Å². The summed E-state index contributed by atoms with van der Waals surface area (Å²) in [6.45, 7) is 0.444. The van der Waals surface area contributed by atoms with Crippen LogP contribution in [0.2, 0.25) is 0 Å². The summed E-state index contributed by atoms with van der Waals surface area (Å²) in [6, 6.07) is 20.1. The molecule has 2 aromatic carbocycles. The molecule has 0 spiro atoms. The molecule has 0 N–H and O–H groups in total. The smallest absolute Gasteiger partial charge is 0.227 e. The first-order valence-corrected chi connectivity index (χ1v) is 12.1. The first-order chi connectivity index (χ1) is 18.4. The van der Waals surface area contributed by atoms with E-state index in [-0.39, 0.29) is 24.7 Å². The fourth-order valence-electron chi connectivity index (χ4n) is 4.33. The number of methoxy groups -OCH3 is 2.